The van der Waals surface area contributed by atoms with E-state index in [9.17, 15) is 18.0 Å². The molecule has 18 heavy (non-hydrogen) atoms. The minimum absolute atomic E-state index is 0.0640. The van der Waals surface area contributed by atoms with Crippen LogP contribution in [0.1, 0.15) is 23.7 Å². The van der Waals surface area contributed by atoms with Gasteiger partial charge in [0.15, 0.2) is 17.4 Å². The first-order valence-electron chi connectivity index (χ1n) is 5.28. The minimum Gasteiger partial charge on any atom is -0.503 e. The molecule has 0 aliphatic carbocycles. The second-order valence-corrected chi connectivity index (χ2v) is 3.76. The van der Waals surface area contributed by atoms with Gasteiger partial charge < -0.3 is 16.2 Å². The van der Waals surface area contributed by atoms with Gasteiger partial charge in [-0.25, -0.2) is 8.78 Å². The fourth-order valence-electron chi connectivity index (χ4n) is 1.22. The number of halogens is 3. The average molecular weight is 262 g/mol. The Morgan fingerprint density at radius 2 is 2.06 bits per heavy atom. The molecule has 1 aromatic rings. The third-order valence-electron chi connectivity index (χ3n) is 2.43. The highest BCUT2D eigenvalue weighted by atomic mass is 19.2. The fourth-order valence-corrected chi connectivity index (χ4v) is 1.22. The molecule has 1 rings (SSSR count). The Balaban J connectivity index is 2.93. The van der Waals surface area contributed by atoms with E-state index in [0.717, 1.165) is 0 Å². The second kappa shape index (κ2) is 5.72. The number of phenols is 1. The van der Waals surface area contributed by atoms with Gasteiger partial charge in [-0.05, 0) is 12.5 Å². The van der Waals surface area contributed by atoms with Crippen molar-refractivity contribution in [1.82, 2.24) is 5.32 Å². The van der Waals surface area contributed by atoms with Crippen molar-refractivity contribution in [2.24, 2.45) is 5.73 Å². The molecule has 0 aliphatic heterocycles. The molecule has 1 amide bonds. The highest BCUT2D eigenvalue weighted by Gasteiger charge is 2.22. The maximum Gasteiger partial charge on any atom is 0.254 e. The van der Waals surface area contributed by atoms with Gasteiger partial charge in [0, 0.05) is 12.6 Å². The van der Waals surface area contributed by atoms with E-state index in [1.54, 1.807) is 6.92 Å². The lowest BCUT2D eigenvalue weighted by Gasteiger charge is -2.11. The highest BCUT2D eigenvalue weighted by molar-refractivity contribution is 5.95. The molecule has 0 saturated carbocycles. The molecule has 1 unspecified atom stereocenters. The van der Waals surface area contributed by atoms with Crippen LogP contribution in [-0.4, -0.2) is 23.6 Å². The SMILES string of the molecule is CCC(N)CNC(=O)c1cc(F)c(F)c(O)c1F. The van der Waals surface area contributed by atoms with Crippen LogP contribution in [0.3, 0.4) is 0 Å². The Bertz CT molecular complexity index is 466. The third-order valence-corrected chi connectivity index (χ3v) is 2.43. The van der Waals surface area contributed by atoms with Gasteiger partial charge in [0.2, 0.25) is 5.82 Å². The normalized spacial score (nSPS) is 12.3. The number of nitrogens with one attached hydrogen (secondary N) is 1. The summed E-state index contributed by atoms with van der Waals surface area (Å²) in [5.41, 5.74) is 4.76. The van der Waals surface area contributed by atoms with Crippen LogP contribution in [-0.2, 0) is 0 Å². The lowest BCUT2D eigenvalue weighted by molar-refractivity contribution is 0.0945. The Kier molecular flexibility index (Phi) is 4.55. The number of aromatic hydroxyl groups is 1. The van der Waals surface area contributed by atoms with Crippen LogP contribution in [0.15, 0.2) is 6.07 Å². The molecule has 100 valence electrons. The van der Waals surface area contributed by atoms with Crippen molar-refractivity contribution in [1.29, 1.82) is 0 Å². The zero-order chi connectivity index (χ0) is 13.9. The molecule has 0 bridgehead atoms. The highest BCUT2D eigenvalue weighted by Crippen LogP contribution is 2.25. The van der Waals surface area contributed by atoms with E-state index in [1.807, 2.05) is 0 Å². The molecule has 4 nitrogen and oxygen atoms in total. The Morgan fingerprint density at radius 1 is 1.44 bits per heavy atom. The summed E-state index contributed by atoms with van der Waals surface area (Å²) in [4.78, 5) is 11.5. The lowest BCUT2D eigenvalue weighted by atomic mass is 10.1. The molecule has 4 N–H and O–H groups in total. The summed E-state index contributed by atoms with van der Waals surface area (Å²) in [7, 11) is 0. The smallest absolute Gasteiger partial charge is 0.254 e. The molecule has 0 radical (unpaired) electrons. The van der Waals surface area contributed by atoms with Gasteiger partial charge in [0.1, 0.15) is 0 Å². The summed E-state index contributed by atoms with van der Waals surface area (Å²) in [5, 5.41) is 11.2. The Morgan fingerprint density at radius 3 is 2.61 bits per heavy atom. The van der Waals surface area contributed by atoms with E-state index in [4.69, 9.17) is 10.8 Å². The molecule has 0 aromatic heterocycles. The van der Waals surface area contributed by atoms with Gasteiger partial charge in [-0.15, -0.1) is 0 Å². The van der Waals surface area contributed by atoms with Gasteiger partial charge in [0.25, 0.3) is 5.91 Å². The molecular formula is C11H13F3N2O2. The largest absolute Gasteiger partial charge is 0.503 e. The number of benzene rings is 1. The van der Waals surface area contributed by atoms with Crippen molar-refractivity contribution in [2.75, 3.05) is 6.54 Å². The average Bonchev–Trinajstić information content (AvgIpc) is 2.37. The van der Waals surface area contributed by atoms with Crippen LogP contribution in [0, 0.1) is 17.5 Å². The van der Waals surface area contributed by atoms with E-state index >= 15 is 0 Å². The summed E-state index contributed by atoms with van der Waals surface area (Å²) in [6.45, 7) is 1.86. The van der Waals surface area contributed by atoms with Crippen molar-refractivity contribution < 1.29 is 23.1 Å². The van der Waals surface area contributed by atoms with E-state index < -0.39 is 34.7 Å². The summed E-state index contributed by atoms with van der Waals surface area (Å²) in [5.74, 6) is -7.21. The van der Waals surface area contributed by atoms with Crippen LogP contribution in [0.25, 0.3) is 0 Å². The molecule has 0 heterocycles. The van der Waals surface area contributed by atoms with Crippen molar-refractivity contribution in [2.45, 2.75) is 19.4 Å². The molecule has 1 aromatic carbocycles. The van der Waals surface area contributed by atoms with Gasteiger partial charge in [-0.2, -0.15) is 4.39 Å². The third kappa shape index (κ3) is 2.92. The standard InChI is InChI=1S/C11H13F3N2O2/c1-2-5(15)4-16-11(18)6-3-7(12)9(14)10(17)8(6)13/h3,5,17H,2,4,15H2,1H3,(H,16,18). The molecule has 7 heteroatoms. The number of rotatable bonds is 4. The monoisotopic (exact) mass is 262 g/mol. The number of carbonyl (C=O) groups is 1. The van der Waals surface area contributed by atoms with Crippen molar-refractivity contribution >= 4 is 5.91 Å². The summed E-state index contributed by atoms with van der Waals surface area (Å²) >= 11 is 0. The first-order valence-corrected chi connectivity index (χ1v) is 5.28. The lowest BCUT2D eigenvalue weighted by Crippen LogP contribution is -2.37. The fraction of sp³-hybridized carbons (Fsp3) is 0.364. The molecular weight excluding hydrogens is 249 g/mol. The van der Waals surface area contributed by atoms with Crippen LogP contribution in [0.5, 0.6) is 5.75 Å². The second-order valence-electron chi connectivity index (χ2n) is 3.76. The molecule has 0 saturated heterocycles. The van der Waals surface area contributed by atoms with Crippen molar-refractivity contribution in [3.8, 4) is 5.75 Å². The predicted molar refractivity (Wildman–Crippen MR) is 58.6 cm³/mol. The molecule has 0 spiro atoms. The van der Waals surface area contributed by atoms with Crippen molar-refractivity contribution in [3.05, 3.63) is 29.1 Å². The van der Waals surface area contributed by atoms with Crippen LogP contribution in [0.4, 0.5) is 13.2 Å². The van der Waals surface area contributed by atoms with Gasteiger partial charge in [-0.1, -0.05) is 6.92 Å². The number of amides is 1. The quantitative estimate of drug-likeness (QED) is 0.715. The summed E-state index contributed by atoms with van der Waals surface area (Å²) < 4.78 is 39.1. The van der Waals surface area contributed by atoms with Gasteiger partial charge in [-0.3, -0.25) is 4.79 Å². The minimum atomic E-state index is -1.73. The van der Waals surface area contributed by atoms with E-state index in [1.165, 1.54) is 0 Å². The summed E-state index contributed by atoms with van der Waals surface area (Å²) in [6.07, 6.45) is 0.589. The molecule has 1 atom stereocenters. The van der Waals surface area contributed by atoms with Crippen LogP contribution < -0.4 is 11.1 Å². The Labute approximate surface area is 102 Å². The first-order chi connectivity index (χ1) is 8.38. The molecule has 0 aliphatic rings. The maximum atomic E-state index is 13.4. The molecule has 0 fully saturated rings. The zero-order valence-corrected chi connectivity index (χ0v) is 9.64. The van der Waals surface area contributed by atoms with E-state index in [-0.39, 0.29) is 12.6 Å². The van der Waals surface area contributed by atoms with Crippen molar-refractivity contribution in [3.63, 3.8) is 0 Å². The number of phenolic OH excluding ortho intramolecular Hbond substituents is 1. The zero-order valence-electron chi connectivity index (χ0n) is 9.64. The Hall–Kier alpha value is -1.76. The van der Waals surface area contributed by atoms with Crippen LogP contribution in [0.2, 0.25) is 0 Å². The number of nitrogens with two attached hydrogens (primary N) is 1. The summed E-state index contributed by atoms with van der Waals surface area (Å²) in [6, 6.07) is 0.0629. The number of hydrogen-bond acceptors (Lipinski definition) is 3. The number of carbonyl (C=O) groups excluding carboxylic acids is 1. The van der Waals surface area contributed by atoms with Gasteiger partial charge in [0.05, 0.1) is 5.56 Å². The van der Waals surface area contributed by atoms with E-state index in [0.29, 0.717) is 12.5 Å². The predicted octanol–water partition coefficient (Wildman–Crippen LogP) is 1.28. The first kappa shape index (κ1) is 14.3. The maximum absolute atomic E-state index is 13.4. The van der Waals surface area contributed by atoms with Crippen LogP contribution >= 0.6 is 0 Å². The number of hydrogen-bond donors (Lipinski definition) is 3. The topological polar surface area (TPSA) is 75.3 Å². The van der Waals surface area contributed by atoms with Gasteiger partial charge >= 0.3 is 0 Å². The van der Waals surface area contributed by atoms with E-state index in [2.05, 4.69) is 5.32 Å².